The number of H-pyrrole nitrogens is 1. The van der Waals surface area contributed by atoms with E-state index in [1.807, 2.05) is 18.4 Å². The number of aromatic nitrogens is 2. The molecule has 1 aliphatic rings. The van der Waals surface area contributed by atoms with E-state index in [1.54, 1.807) is 0 Å². The molecule has 7 heteroatoms. The number of aromatic amines is 1. The molecule has 24 heavy (non-hydrogen) atoms. The first-order chi connectivity index (χ1) is 11.6. The summed E-state index contributed by atoms with van der Waals surface area (Å²) in [5.74, 6) is 1.85. The maximum atomic E-state index is 12.2. The second-order valence-electron chi connectivity index (χ2n) is 5.87. The van der Waals surface area contributed by atoms with Gasteiger partial charge in [-0.3, -0.25) is 9.69 Å². The van der Waals surface area contributed by atoms with Crippen LogP contribution in [0.5, 0.6) is 0 Å². The number of nitrogens with zero attached hydrogens (tertiary/aromatic N) is 3. The molecule has 130 valence electrons. The van der Waals surface area contributed by atoms with E-state index in [4.69, 9.17) is 4.42 Å². The fourth-order valence-corrected chi connectivity index (χ4v) is 3.46. The van der Waals surface area contributed by atoms with Gasteiger partial charge in [-0.1, -0.05) is 11.8 Å². The highest BCUT2D eigenvalue weighted by Gasteiger charge is 2.22. The van der Waals surface area contributed by atoms with Crippen LogP contribution in [0.15, 0.2) is 26.5 Å². The van der Waals surface area contributed by atoms with Crippen LogP contribution in [0.2, 0.25) is 0 Å². The van der Waals surface area contributed by atoms with Crippen LogP contribution in [0.3, 0.4) is 0 Å². The third-order valence-corrected chi connectivity index (χ3v) is 5.00. The smallest absolute Gasteiger partial charge is 0.256 e. The second-order valence-corrected chi connectivity index (χ2v) is 6.67. The van der Waals surface area contributed by atoms with Crippen LogP contribution in [-0.2, 0) is 19.5 Å². The minimum absolute atomic E-state index is 0.0164. The average molecular weight is 348 g/mol. The second kappa shape index (κ2) is 7.44. The summed E-state index contributed by atoms with van der Waals surface area (Å²) in [6.45, 7) is 8.32. The van der Waals surface area contributed by atoms with Crippen LogP contribution in [0, 0.1) is 0 Å². The first-order valence-corrected chi connectivity index (χ1v) is 9.59. The number of rotatable bonds is 6. The average Bonchev–Trinajstić information content (AvgIpc) is 3.04. The number of hydrogen-bond donors (Lipinski definition) is 1. The Bertz CT molecular complexity index is 751. The quantitative estimate of drug-likeness (QED) is 0.639. The van der Waals surface area contributed by atoms with E-state index in [2.05, 4.69) is 33.6 Å². The van der Waals surface area contributed by atoms with Crippen LogP contribution in [-0.4, -0.2) is 40.8 Å². The first kappa shape index (κ1) is 17.1. The van der Waals surface area contributed by atoms with Crippen molar-refractivity contribution < 1.29 is 4.42 Å². The van der Waals surface area contributed by atoms with Crippen molar-refractivity contribution in [3.63, 3.8) is 0 Å². The molecule has 0 atom stereocenters. The summed E-state index contributed by atoms with van der Waals surface area (Å²) in [4.78, 5) is 24.1. The predicted molar refractivity (Wildman–Crippen MR) is 96.7 cm³/mol. The molecule has 3 rings (SSSR count). The lowest BCUT2D eigenvalue weighted by Gasteiger charge is -2.26. The van der Waals surface area contributed by atoms with Gasteiger partial charge in [0.15, 0.2) is 11.0 Å². The fraction of sp³-hybridized carbons (Fsp3) is 0.529. The Morgan fingerprint density at radius 1 is 1.38 bits per heavy atom. The summed E-state index contributed by atoms with van der Waals surface area (Å²) in [6, 6.07) is 4.06. The van der Waals surface area contributed by atoms with Gasteiger partial charge >= 0.3 is 0 Å². The zero-order valence-electron chi connectivity index (χ0n) is 14.5. The summed E-state index contributed by atoms with van der Waals surface area (Å²) < 4.78 is 5.96. The van der Waals surface area contributed by atoms with Crippen molar-refractivity contribution in [1.82, 2.24) is 14.9 Å². The van der Waals surface area contributed by atoms with Gasteiger partial charge in [-0.2, -0.15) is 0 Å². The van der Waals surface area contributed by atoms with E-state index < -0.39 is 0 Å². The van der Waals surface area contributed by atoms with E-state index in [9.17, 15) is 4.79 Å². The van der Waals surface area contributed by atoms with Crippen molar-refractivity contribution in [1.29, 1.82) is 0 Å². The maximum Gasteiger partial charge on any atom is 0.256 e. The molecular formula is C17H24N4O2S. The van der Waals surface area contributed by atoms with Crippen LogP contribution >= 0.6 is 11.8 Å². The van der Waals surface area contributed by atoms with Crippen LogP contribution in [0.1, 0.15) is 30.9 Å². The predicted octanol–water partition coefficient (Wildman–Crippen LogP) is 2.49. The van der Waals surface area contributed by atoms with E-state index in [-0.39, 0.29) is 5.56 Å². The molecule has 1 aliphatic heterocycles. The minimum atomic E-state index is -0.0164. The van der Waals surface area contributed by atoms with Crippen LogP contribution in [0.4, 0.5) is 5.88 Å². The van der Waals surface area contributed by atoms with Gasteiger partial charge in [0.25, 0.3) is 5.56 Å². The molecule has 6 nitrogen and oxygen atoms in total. The van der Waals surface area contributed by atoms with E-state index in [0.29, 0.717) is 18.2 Å². The Kier molecular flexibility index (Phi) is 5.30. The molecule has 0 saturated carbocycles. The lowest BCUT2D eigenvalue weighted by molar-refractivity contribution is 0.222. The Hall–Kier alpha value is -1.73. The molecule has 0 fully saturated rings. The third kappa shape index (κ3) is 3.52. The lowest BCUT2D eigenvalue weighted by atomic mass is 10.1. The van der Waals surface area contributed by atoms with Gasteiger partial charge in [-0.15, -0.1) is 0 Å². The highest BCUT2D eigenvalue weighted by molar-refractivity contribution is 7.98. The van der Waals surface area contributed by atoms with E-state index >= 15 is 0 Å². The van der Waals surface area contributed by atoms with E-state index in [1.165, 1.54) is 11.8 Å². The Labute approximate surface area is 146 Å². The van der Waals surface area contributed by atoms with Gasteiger partial charge in [0, 0.05) is 38.7 Å². The Morgan fingerprint density at radius 2 is 2.17 bits per heavy atom. The number of fused-ring (bicyclic) bond motifs is 1. The van der Waals surface area contributed by atoms with Gasteiger partial charge in [0.05, 0.1) is 17.8 Å². The minimum Gasteiger partial charge on any atom is -0.444 e. The number of anilines is 1. The monoisotopic (exact) mass is 348 g/mol. The summed E-state index contributed by atoms with van der Waals surface area (Å²) >= 11 is 1.47. The molecule has 0 radical (unpaired) electrons. The van der Waals surface area contributed by atoms with Crippen molar-refractivity contribution in [2.45, 2.75) is 38.5 Å². The Morgan fingerprint density at radius 3 is 2.88 bits per heavy atom. The molecule has 2 aromatic rings. The number of nitrogens with one attached hydrogen (secondary N) is 1. The SMILES string of the molecule is CCN(CC)c1ccc(CN2CCc3nc(SC)[nH]c(=O)c3C2)o1. The topological polar surface area (TPSA) is 65.4 Å². The summed E-state index contributed by atoms with van der Waals surface area (Å²) in [5.41, 5.74) is 1.70. The van der Waals surface area contributed by atoms with Crippen LogP contribution < -0.4 is 10.5 Å². The fourth-order valence-electron chi connectivity index (χ4n) is 3.07. The zero-order chi connectivity index (χ0) is 17.1. The molecule has 0 amide bonds. The molecule has 0 aliphatic carbocycles. The number of thioether (sulfide) groups is 1. The third-order valence-electron chi connectivity index (χ3n) is 4.42. The summed E-state index contributed by atoms with van der Waals surface area (Å²) in [5, 5.41) is 0.696. The van der Waals surface area contributed by atoms with Crippen molar-refractivity contribution in [3.05, 3.63) is 39.5 Å². The van der Waals surface area contributed by atoms with Gasteiger partial charge in [0.1, 0.15) is 5.76 Å². The molecule has 0 unspecified atom stereocenters. The molecule has 0 bridgehead atoms. The molecule has 0 saturated heterocycles. The maximum absolute atomic E-state index is 12.2. The Balaban J connectivity index is 1.71. The van der Waals surface area contributed by atoms with E-state index in [0.717, 1.165) is 49.0 Å². The summed E-state index contributed by atoms with van der Waals surface area (Å²) in [7, 11) is 0. The highest BCUT2D eigenvalue weighted by atomic mass is 32.2. The standard InChI is InChI=1S/C17H24N4O2S/c1-4-21(5-2)15-7-6-12(23-15)10-20-9-8-14-13(11-20)16(22)19-17(18-14)24-3/h6-7H,4-5,8-11H2,1-3H3,(H,18,19,22). The van der Waals surface area contributed by atoms with Crippen molar-refractivity contribution >= 4 is 17.6 Å². The largest absolute Gasteiger partial charge is 0.444 e. The zero-order valence-corrected chi connectivity index (χ0v) is 15.3. The number of hydrogen-bond acceptors (Lipinski definition) is 6. The molecule has 3 heterocycles. The molecular weight excluding hydrogens is 324 g/mol. The van der Waals surface area contributed by atoms with Gasteiger partial charge < -0.3 is 14.3 Å². The number of furan rings is 1. The van der Waals surface area contributed by atoms with Crippen molar-refractivity contribution in [2.24, 2.45) is 0 Å². The van der Waals surface area contributed by atoms with Gasteiger partial charge in [-0.05, 0) is 26.2 Å². The van der Waals surface area contributed by atoms with Gasteiger partial charge in [0.2, 0.25) is 0 Å². The first-order valence-electron chi connectivity index (χ1n) is 8.36. The normalized spacial score (nSPS) is 14.6. The molecule has 2 aromatic heterocycles. The van der Waals surface area contributed by atoms with Crippen LogP contribution in [0.25, 0.3) is 0 Å². The molecule has 0 spiro atoms. The van der Waals surface area contributed by atoms with Crippen molar-refractivity contribution in [2.75, 3.05) is 30.8 Å². The van der Waals surface area contributed by atoms with Crippen molar-refractivity contribution in [3.8, 4) is 0 Å². The highest BCUT2D eigenvalue weighted by Crippen LogP contribution is 2.22. The summed E-state index contributed by atoms with van der Waals surface area (Å²) in [6.07, 6.45) is 2.72. The molecule has 0 aromatic carbocycles. The lowest BCUT2D eigenvalue weighted by Crippen LogP contribution is -2.35. The molecule has 1 N–H and O–H groups in total. The van der Waals surface area contributed by atoms with Gasteiger partial charge in [-0.25, -0.2) is 4.98 Å².